The second-order valence-electron chi connectivity index (χ2n) is 7.95. The smallest absolute Gasteiger partial charge is 0.184 e. The molecule has 0 aliphatic carbocycles. The van der Waals surface area contributed by atoms with Crippen LogP contribution in [-0.2, 0) is 0 Å². The van der Waals surface area contributed by atoms with E-state index in [0.29, 0.717) is 13.2 Å². The first-order valence-electron chi connectivity index (χ1n) is 11.0. The lowest BCUT2D eigenvalue weighted by Crippen LogP contribution is -2.47. The maximum absolute atomic E-state index is 10.7. The minimum absolute atomic E-state index is 0.118. The molecule has 2 aliphatic heterocycles. The first-order valence-corrected chi connectivity index (χ1v) is 11.0. The average molecular weight is 409 g/mol. The van der Waals surface area contributed by atoms with Gasteiger partial charge in [0.2, 0.25) is 0 Å². The van der Waals surface area contributed by atoms with Gasteiger partial charge in [0.15, 0.2) is 11.5 Å². The van der Waals surface area contributed by atoms with Crippen molar-refractivity contribution >= 4 is 5.69 Å². The molecule has 2 heterocycles. The van der Waals surface area contributed by atoms with Gasteiger partial charge >= 0.3 is 0 Å². The molecule has 2 atom stereocenters. The van der Waals surface area contributed by atoms with Crippen molar-refractivity contribution < 1.29 is 14.6 Å². The molecule has 0 aromatic heterocycles. The largest absolute Gasteiger partial charge is 0.486 e. The van der Waals surface area contributed by atoms with Gasteiger partial charge in [-0.15, -0.1) is 0 Å². The van der Waals surface area contributed by atoms with Crippen LogP contribution < -0.4 is 14.4 Å². The van der Waals surface area contributed by atoms with Gasteiger partial charge in [-0.2, -0.15) is 0 Å². The summed E-state index contributed by atoms with van der Waals surface area (Å²) in [6.07, 6.45) is 4.32. The van der Waals surface area contributed by atoms with Gasteiger partial charge < -0.3 is 19.5 Å². The van der Waals surface area contributed by atoms with Crippen LogP contribution in [0.4, 0.5) is 5.69 Å². The molecule has 0 spiro atoms. The van der Waals surface area contributed by atoms with E-state index in [-0.39, 0.29) is 5.92 Å². The Bertz CT molecular complexity index is 832. The average Bonchev–Trinajstić information content (AvgIpc) is 2.80. The summed E-state index contributed by atoms with van der Waals surface area (Å²) in [5.41, 5.74) is 2.34. The molecule has 1 N–H and O–H groups in total. The molecular formula is C25H32N2O3. The number of anilines is 1. The summed E-state index contributed by atoms with van der Waals surface area (Å²) in [4.78, 5) is 4.90. The van der Waals surface area contributed by atoms with Crippen LogP contribution in [0.2, 0.25) is 0 Å². The molecule has 0 amide bonds. The lowest BCUT2D eigenvalue weighted by molar-refractivity contribution is 0.166. The molecule has 160 valence electrons. The molecule has 5 nitrogen and oxygen atoms in total. The molecule has 30 heavy (non-hydrogen) atoms. The SMILES string of the molecule is C/C=C/C(O)C(CCN1CCN(c2cccc3c2OCCO3)CC1)c1ccccc1. The number of fused-ring (bicyclic) bond motifs is 1. The standard InChI is InChI=1S/C25H32N2O3/c1-2-7-23(28)21(20-8-4-3-5-9-20)12-13-26-14-16-27(17-15-26)22-10-6-11-24-25(22)30-19-18-29-24/h2-11,21,23,28H,12-19H2,1H3/b7-2+. The highest BCUT2D eigenvalue weighted by Crippen LogP contribution is 2.39. The van der Waals surface area contributed by atoms with Crippen molar-refractivity contribution in [1.82, 2.24) is 4.90 Å². The fourth-order valence-electron chi connectivity index (χ4n) is 4.41. The zero-order valence-corrected chi connectivity index (χ0v) is 17.7. The monoisotopic (exact) mass is 408 g/mol. The van der Waals surface area contributed by atoms with Crippen molar-refractivity contribution in [3.05, 3.63) is 66.2 Å². The topological polar surface area (TPSA) is 45.2 Å². The third kappa shape index (κ3) is 4.79. The summed E-state index contributed by atoms with van der Waals surface area (Å²) in [6.45, 7) is 8.11. The highest BCUT2D eigenvalue weighted by atomic mass is 16.6. The number of allylic oxidation sites excluding steroid dienone is 1. The van der Waals surface area contributed by atoms with E-state index >= 15 is 0 Å². The highest BCUT2D eigenvalue weighted by Gasteiger charge is 2.25. The Morgan fingerprint density at radius 3 is 2.50 bits per heavy atom. The number of ether oxygens (including phenoxy) is 2. The summed E-state index contributed by atoms with van der Waals surface area (Å²) in [6, 6.07) is 16.5. The molecule has 2 aromatic carbocycles. The predicted octanol–water partition coefficient (Wildman–Crippen LogP) is 3.69. The number of piperazine rings is 1. The van der Waals surface area contributed by atoms with Gasteiger partial charge in [-0.3, -0.25) is 4.90 Å². The molecule has 1 saturated heterocycles. The van der Waals surface area contributed by atoms with Crippen molar-refractivity contribution in [2.24, 2.45) is 0 Å². The number of hydrogen-bond acceptors (Lipinski definition) is 5. The van der Waals surface area contributed by atoms with Crippen LogP contribution in [0.15, 0.2) is 60.7 Å². The van der Waals surface area contributed by atoms with Crippen molar-refractivity contribution in [3.63, 3.8) is 0 Å². The van der Waals surface area contributed by atoms with E-state index in [2.05, 4.69) is 40.1 Å². The molecular weight excluding hydrogens is 376 g/mol. The number of benzene rings is 2. The number of hydrogen-bond donors (Lipinski definition) is 1. The number of para-hydroxylation sites is 1. The molecule has 4 rings (SSSR count). The van der Waals surface area contributed by atoms with Gasteiger partial charge in [0, 0.05) is 32.1 Å². The number of aliphatic hydroxyl groups excluding tert-OH is 1. The van der Waals surface area contributed by atoms with Gasteiger partial charge in [0.25, 0.3) is 0 Å². The van der Waals surface area contributed by atoms with E-state index in [4.69, 9.17) is 9.47 Å². The Hall–Kier alpha value is -2.50. The Kier molecular flexibility index (Phi) is 6.92. The Balaban J connectivity index is 1.35. The second-order valence-corrected chi connectivity index (χ2v) is 7.95. The minimum atomic E-state index is -0.452. The zero-order valence-electron chi connectivity index (χ0n) is 17.7. The van der Waals surface area contributed by atoms with Crippen LogP contribution >= 0.6 is 0 Å². The van der Waals surface area contributed by atoms with E-state index < -0.39 is 6.10 Å². The summed E-state index contributed by atoms with van der Waals surface area (Å²) in [5, 5.41) is 10.7. The van der Waals surface area contributed by atoms with Gasteiger partial charge in [-0.1, -0.05) is 48.6 Å². The van der Waals surface area contributed by atoms with E-state index in [1.807, 2.05) is 37.3 Å². The van der Waals surface area contributed by atoms with Crippen molar-refractivity contribution in [1.29, 1.82) is 0 Å². The van der Waals surface area contributed by atoms with E-state index in [9.17, 15) is 5.11 Å². The lowest BCUT2D eigenvalue weighted by Gasteiger charge is -2.38. The zero-order chi connectivity index (χ0) is 20.8. The van der Waals surface area contributed by atoms with Crippen LogP contribution in [0.3, 0.4) is 0 Å². The third-order valence-corrected chi connectivity index (χ3v) is 6.04. The second kappa shape index (κ2) is 10.0. The van der Waals surface area contributed by atoms with Gasteiger partial charge in [0.1, 0.15) is 13.2 Å². The van der Waals surface area contributed by atoms with E-state index in [0.717, 1.165) is 56.3 Å². The van der Waals surface area contributed by atoms with E-state index in [1.54, 1.807) is 0 Å². The summed E-state index contributed by atoms with van der Waals surface area (Å²) in [7, 11) is 0. The molecule has 2 aromatic rings. The summed E-state index contributed by atoms with van der Waals surface area (Å²) in [5.74, 6) is 1.85. The molecule has 2 aliphatic rings. The minimum Gasteiger partial charge on any atom is -0.486 e. The van der Waals surface area contributed by atoms with Crippen molar-refractivity contribution in [2.45, 2.75) is 25.4 Å². The molecule has 0 radical (unpaired) electrons. The Morgan fingerprint density at radius 1 is 0.967 bits per heavy atom. The molecule has 0 bridgehead atoms. The maximum atomic E-state index is 10.7. The van der Waals surface area contributed by atoms with Crippen LogP contribution in [0.5, 0.6) is 11.5 Å². The normalized spacial score (nSPS) is 19.1. The number of aliphatic hydroxyl groups is 1. The predicted molar refractivity (Wildman–Crippen MR) is 121 cm³/mol. The lowest BCUT2D eigenvalue weighted by atomic mass is 9.89. The molecule has 0 saturated carbocycles. The molecule has 5 heteroatoms. The van der Waals surface area contributed by atoms with Crippen molar-refractivity contribution in [3.8, 4) is 11.5 Å². The third-order valence-electron chi connectivity index (χ3n) is 6.04. The maximum Gasteiger partial charge on any atom is 0.184 e. The van der Waals surface area contributed by atoms with Crippen LogP contribution in [-0.4, -0.2) is 62.0 Å². The molecule has 1 fully saturated rings. The first-order chi connectivity index (χ1) is 14.8. The number of rotatable bonds is 7. The van der Waals surface area contributed by atoms with Crippen molar-refractivity contribution in [2.75, 3.05) is 50.8 Å². The van der Waals surface area contributed by atoms with Gasteiger partial charge in [0.05, 0.1) is 11.8 Å². The van der Waals surface area contributed by atoms with Gasteiger partial charge in [-0.05, 0) is 37.6 Å². The quantitative estimate of drug-likeness (QED) is 0.708. The van der Waals surface area contributed by atoms with Crippen LogP contribution in [0.1, 0.15) is 24.8 Å². The summed E-state index contributed by atoms with van der Waals surface area (Å²) < 4.78 is 11.6. The van der Waals surface area contributed by atoms with E-state index in [1.165, 1.54) is 5.56 Å². The highest BCUT2D eigenvalue weighted by molar-refractivity contribution is 5.65. The van der Waals surface area contributed by atoms with Gasteiger partial charge in [-0.25, -0.2) is 0 Å². The molecule has 2 unspecified atom stereocenters. The Morgan fingerprint density at radius 2 is 1.73 bits per heavy atom. The fourth-order valence-corrected chi connectivity index (χ4v) is 4.41. The fraction of sp³-hybridized carbons (Fsp3) is 0.440. The number of nitrogens with zero attached hydrogens (tertiary/aromatic N) is 2. The first kappa shape index (κ1) is 20.8. The summed E-state index contributed by atoms with van der Waals surface area (Å²) >= 11 is 0. The Labute approximate surface area is 179 Å². The van der Waals surface area contributed by atoms with Crippen LogP contribution in [0.25, 0.3) is 0 Å². The van der Waals surface area contributed by atoms with Crippen LogP contribution in [0, 0.1) is 0 Å².